The van der Waals surface area contributed by atoms with E-state index in [-0.39, 0.29) is 11.1 Å². The predicted molar refractivity (Wildman–Crippen MR) is 60.1 cm³/mol. The van der Waals surface area contributed by atoms with Crippen LogP contribution in [0.3, 0.4) is 0 Å². The molecular weight excluding hydrogens is 220 g/mol. The molecule has 3 heterocycles. The minimum atomic E-state index is -0.534. The Morgan fingerprint density at radius 2 is 1.82 bits per heavy atom. The van der Waals surface area contributed by atoms with Crippen molar-refractivity contribution >= 4 is 17.3 Å². The quantitative estimate of drug-likeness (QED) is 0.618. The second-order valence-corrected chi connectivity index (χ2v) is 3.90. The summed E-state index contributed by atoms with van der Waals surface area (Å²) in [5.41, 5.74) is 0.309. The van der Waals surface area contributed by atoms with E-state index in [0.29, 0.717) is 5.52 Å². The van der Waals surface area contributed by atoms with E-state index in [2.05, 4.69) is 0 Å². The molecule has 5 nitrogen and oxygen atoms in total. The Labute approximate surface area is 95.9 Å². The Balaban J connectivity index is 2.51. The van der Waals surface area contributed by atoms with E-state index < -0.39 is 17.4 Å². The maximum absolute atomic E-state index is 12.1. The third-order valence-corrected chi connectivity index (χ3v) is 2.94. The van der Waals surface area contributed by atoms with Gasteiger partial charge in [0.05, 0.1) is 5.56 Å². The van der Waals surface area contributed by atoms with E-state index in [1.165, 1.54) is 11.4 Å². The number of pyridine rings is 2. The van der Waals surface area contributed by atoms with Crippen LogP contribution in [0.5, 0.6) is 0 Å². The fourth-order valence-electron chi connectivity index (χ4n) is 2.03. The standard InChI is InChI=1S/C12H8N2O3/c1-13-10(15)8-6-7-4-2-3-5-14(7)12(17)9(8)11(13)16/h2-6H,1H3. The molecule has 0 fully saturated rings. The first-order valence-corrected chi connectivity index (χ1v) is 5.08. The maximum atomic E-state index is 12.1. The number of nitrogens with zero attached hydrogens (tertiary/aromatic N) is 2. The zero-order valence-electron chi connectivity index (χ0n) is 9.01. The van der Waals surface area contributed by atoms with E-state index in [1.807, 2.05) is 0 Å². The van der Waals surface area contributed by atoms with E-state index >= 15 is 0 Å². The molecule has 1 aliphatic heterocycles. The smallest absolute Gasteiger partial charge is 0.268 e. The van der Waals surface area contributed by atoms with E-state index in [9.17, 15) is 14.4 Å². The number of carbonyl (C=O) groups excluding carboxylic acids is 2. The Morgan fingerprint density at radius 3 is 2.59 bits per heavy atom. The van der Waals surface area contributed by atoms with Crippen molar-refractivity contribution in [2.45, 2.75) is 0 Å². The SMILES string of the molecule is CN1C(=O)c2cc3ccccn3c(=O)c2C1=O. The van der Waals surface area contributed by atoms with Gasteiger partial charge in [0.15, 0.2) is 0 Å². The summed E-state index contributed by atoms with van der Waals surface area (Å²) in [6.07, 6.45) is 1.58. The highest BCUT2D eigenvalue weighted by Gasteiger charge is 2.35. The fraction of sp³-hybridized carbons (Fsp3) is 0.0833. The number of imide groups is 1. The van der Waals surface area contributed by atoms with Crippen LogP contribution in [0.2, 0.25) is 0 Å². The van der Waals surface area contributed by atoms with Crippen LogP contribution >= 0.6 is 0 Å². The second-order valence-electron chi connectivity index (χ2n) is 3.90. The van der Waals surface area contributed by atoms with Gasteiger partial charge in [0.1, 0.15) is 5.56 Å². The minimum absolute atomic E-state index is 0.0406. The van der Waals surface area contributed by atoms with Crippen LogP contribution in [0, 0.1) is 0 Å². The minimum Gasteiger partial charge on any atom is -0.284 e. The van der Waals surface area contributed by atoms with Crippen molar-refractivity contribution in [2.75, 3.05) is 7.05 Å². The highest BCUT2D eigenvalue weighted by atomic mass is 16.2. The molecule has 0 unspecified atom stereocenters. The normalized spacial score (nSPS) is 14.5. The molecule has 2 aromatic heterocycles. The number of carbonyl (C=O) groups is 2. The van der Waals surface area contributed by atoms with Gasteiger partial charge < -0.3 is 0 Å². The summed E-state index contributed by atoms with van der Waals surface area (Å²) in [6, 6.07) is 6.76. The van der Waals surface area contributed by atoms with E-state index in [1.54, 1.807) is 30.5 Å². The summed E-state index contributed by atoms with van der Waals surface area (Å²) in [5.74, 6) is -0.957. The molecule has 2 aromatic rings. The number of rotatable bonds is 0. The van der Waals surface area contributed by atoms with Crippen LogP contribution in [-0.2, 0) is 0 Å². The molecule has 17 heavy (non-hydrogen) atoms. The average Bonchev–Trinajstić information content (AvgIpc) is 2.55. The van der Waals surface area contributed by atoms with Crippen LogP contribution in [0.4, 0.5) is 0 Å². The number of fused-ring (bicyclic) bond motifs is 2. The van der Waals surface area contributed by atoms with Crippen LogP contribution in [0.1, 0.15) is 20.7 Å². The molecule has 0 atom stereocenters. The predicted octanol–water partition coefficient (Wildman–Crippen LogP) is 0.525. The largest absolute Gasteiger partial charge is 0.284 e. The Kier molecular flexibility index (Phi) is 1.75. The summed E-state index contributed by atoms with van der Waals surface area (Å²) in [7, 11) is 1.37. The molecule has 0 saturated heterocycles. The zero-order chi connectivity index (χ0) is 12.2. The Hall–Kier alpha value is -2.43. The third-order valence-electron chi connectivity index (χ3n) is 2.94. The van der Waals surface area contributed by atoms with Gasteiger partial charge >= 0.3 is 0 Å². The Bertz CT molecular complexity index is 730. The summed E-state index contributed by atoms with van der Waals surface area (Å²) >= 11 is 0. The second kappa shape index (κ2) is 3.04. The van der Waals surface area contributed by atoms with Gasteiger partial charge in [0.2, 0.25) is 0 Å². The Morgan fingerprint density at radius 1 is 1.06 bits per heavy atom. The first-order chi connectivity index (χ1) is 8.11. The molecule has 1 aliphatic rings. The van der Waals surface area contributed by atoms with Crippen molar-refractivity contribution in [3.63, 3.8) is 0 Å². The number of hydrogen-bond donors (Lipinski definition) is 0. The van der Waals surface area contributed by atoms with Gasteiger partial charge in [-0.25, -0.2) is 0 Å². The lowest BCUT2D eigenvalue weighted by molar-refractivity contribution is 0.0692. The maximum Gasteiger partial charge on any atom is 0.268 e. The lowest BCUT2D eigenvalue weighted by atomic mass is 10.1. The van der Waals surface area contributed by atoms with Gasteiger partial charge in [-0.15, -0.1) is 0 Å². The summed E-state index contributed by atoms with van der Waals surface area (Å²) < 4.78 is 1.36. The first-order valence-electron chi connectivity index (χ1n) is 5.08. The van der Waals surface area contributed by atoms with Crippen molar-refractivity contribution in [3.8, 4) is 0 Å². The molecule has 5 heteroatoms. The molecule has 0 saturated carbocycles. The van der Waals surface area contributed by atoms with Gasteiger partial charge in [0.25, 0.3) is 17.4 Å². The summed E-state index contributed by atoms with van der Waals surface area (Å²) in [6.45, 7) is 0. The highest BCUT2D eigenvalue weighted by molar-refractivity contribution is 6.21. The molecule has 0 bridgehead atoms. The van der Waals surface area contributed by atoms with E-state index in [0.717, 1.165) is 4.90 Å². The molecule has 2 amide bonds. The van der Waals surface area contributed by atoms with Crippen molar-refractivity contribution in [2.24, 2.45) is 0 Å². The molecule has 0 aromatic carbocycles. The molecule has 0 radical (unpaired) electrons. The van der Waals surface area contributed by atoms with Gasteiger partial charge in [-0.05, 0) is 18.2 Å². The number of aromatic nitrogens is 1. The van der Waals surface area contributed by atoms with Gasteiger partial charge in [-0.1, -0.05) is 6.07 Å². The lowest BCUT2D eigenvalue weighted by Gasteiger charge is -2.02. The highest BCUT2D eigenvalue weighted by Crippen LogP contribution is 2.19. The lowest BCUT2D eigenvalue weighted by Crippen LogP contribution is -2.27. The summed E-state index contributed by atoms with van der Waals surface area (Å²) in [4.78, 5) is 36.6. The van der Waals surface area contributed by atoms with Crippen LogP contribution < -0.4 is 5.56 Å². The van der Waals surface area contributed by atoms with E-state index in [4.69, 9.17) is 0 Å². The molecule has 84 valence electrons. The summed E-state index contributed by atoms with van der Waals surface area (Å²) in [5, 5.41) is 0. The van der Waals surface area contributed by atoms with Crippen LogP contribution in [-0.4, -0.2) is 28.2 Å². The molecule has 0 aliphatic carbocycles. The van der Waals surface area contributed by atoms with Gasteiger partial charge in [-0.2, -0.15) is 0 Å². The molecule has 0 spiro atoms. The van der Waals surface area contributed by atoms with Crippen molar-refractivity contribution in [1.82, 2.24) is 9.30 Å². The van der Waals surface area contributed by atoms with Gasteiger partial charge in [0, 0.05) is 18.8 Å². The average molecular weight is 228 g/mol. The number of amides is 2. The topological polar surface area (TPSA) is 58.9 Å². The van der Waals surface area contributed by atoms with Crippen molar-refractivity contribution in [3.05, 3.63) is 51.9 Å². The zero-order valence-corrected chi connectivity index (χ0v) is 9.01. The molecule has 3 rings (SSSR count). The van der Waals surface area contributed by atoms with Gasteiger partial charge in [-0.3, -0.25) is 23.7 Å². The number of hydrogen-bond acceptors (Lipinski definition) is 3. The molecule has 0 N–H and O–H groups in total. The first kappa shape index (κ1) is 9.77. The van der Waals surface area contributed by atoms with Crippen LogP contribution in [0.15, 0.2) is 35.3 Å². The van der Waals surface area contributed by atoms with Crippen molar-refractivity contribution in [1.29, 1.82) is 0 Å². The van der Waals surface area contributed by atoms with Crippen LogP contribution in [0.25, 0.3) is 5.52 Å². The third kappa shape index (κ3) is 1.10. The molecular formula is C12H8N2O3. The monoisotopic (exact) mass is 228 g/mol. The van der Waals surface area contributed by atoms with Crippen molar-refractivity contribution < 1.29 is 9.59 Å². The fourth-order valence-corrected chi connectivity index (χ4v) is 2.03.